The second kappa shape index (κ2) is 7.79. The second-order valence-corrected chi connectivity index (χ2v) is 6.15. The number of hydrogen-bond acceptors (Lipinski definition) is 5. The largest absolute Gasteiger partial charge is 0.454 e. The highest BCUT2D eigenvalue weighted by Crippen LogP contribution is 2.32. The molecule has 0 saturated heterocycles. The number of ether oxygens (including phenoxy) is 2. The molecule has 0 bridgehead atoms. The van der Waals surface area contributed by atoms with Gasteiger partial charge in [-0.25, -0.2) is 0 Å². The summed E-state index contributed by atoms with van der Waals surface area (Å²) in [6.07, 6.45) is 2.85. The average Bonchev–Trinajstić information content (AvgIpc) is 3.20. The number of pyridine rings is 1. The quantitative estimate of drug-likeness (QED) is 0.716. The molecule has 2 N–H and O–H groups in total. The predicted molar refractivity (Wildman–Crippen MR) is 102 cm³/mol. The number of fused-ring (bicyclic) bond motifs is 1. The first-order chi connectivity index (χ1) is 13.7. The van der Waals surface area contributed by atoms with Crippen LogP contribution in [0.15, 0.2) is 67.0 Å². The number of hydrogen-bond donors (Lipinski definition) is 2. The van der Waals surface area contributed by atoms with E-state index in [1.54, 1.807) is 18.2 Å². The van der Waals surface area contributed by atoms with Crippen LogP contribution in [-0.2, 0) is 6.54 Å². The van der Waals surface area contributed by atoms with Crippen molar-refractivity contribution in [2.24, 2.45) is 0 Å². The Morgan fingerprint density at radius 2 is 1.64 bits per heavy atom. The zero-order valence-corrected chi connectivity index (χ0v) is 14.8. The smallest absolute Gasteiger partial charge is 0.257 e. The van der Waals surface area contributed by atoms with Gasteiger partial charge in [0.15, 0.2) is 11.5 Å². The van der Waals surface area contributed by atoms with E-state index in [9.17, 15) is 9.59 Å². The van der Waals surface area contributed by atoms with Crippen molar-refractivity contribution in [3.05, 3.63) is 83.7 Å². The van der Waals surface area contributed by atoms with E-state index in [0.29, 0.717) is 34.9 Å². The lowest BCUT2D eigenvalue weighted by Gasteiger charge is -2.08. The van der Waals surface area contributed by atoms with Gasteiger partial charge >= 0.3 is 0 Å². The van der Waals surface area contributed by atoms with Gasteiger partial charge in [0.25, 0.3) is 11.8 Å². The first-order valence-corrected chi connectivity index (χ1v) is 8.67. The molecule has 0 radical (unpaired) electrons. The van der Waals surface area contributed by atoms with Gasteiger partial charge in [-0.3, -0.25) is 14.6 Å². The van der Waals surface area contributed by atoms with Crippen molar-refractivity contribution in [1.82, 2.24) is 10.3 Å². The number of para-hydroxylation sites is 1. The molecule has 4 rings (SSSR count). The van der Waals surface area contributed by atoms with Crippen LogP contribution in [0.4, 0.5) is 5.69 Å². The van der Waals surface area contributed by atoms with Crippen LogP contribution >= 0.6 is 0 Å². The van der Waals surface area contributed by atoms with E-state index in [2.05, 4.69) is 15.6 Å². The molecule has 140 valence electrons. The topological polar surface area (TPSA) is 89.6 Å². The van der Waals surface area contributed by atoms with Gasteiger partial charge in [0.05, 0.1) is 11.1 Å². The van der Waals surface area contributed by atoms with E-state index in [1.165, 1.54) is 18.5 Å². The Morgan fingerprint density at radius 1 is 0.893 bits per heavy atom. The van der Waals surface area contributed by atoms with E-state index in [4.69, 9.17) is 9.47 Å². The molecule has 7 nitrogen and oxygen atoms in total. The number of carbonyl (C=O) groups excluding carboxylic acids is 2. The monoisotopic (exact) mass is 375 g/mol. The average molecular weight is 375 g/mol. The number of anilines is 1. The summed E-state index contributed by atoms with van der Waals surface area (Å²) in [6, 6.07) is 16.1. The molecule has 0 saturated carbocycles. The van der Waals surface area contributed by atoms with Crippen LogP contribution in [0.1, 0.15) is 26.3 Å². The van der Waals surface area contributed by atoms with Gasteiger partial charge in [0, 0.05) is 24.6 Å². The number of aromatic nitrogens is 1. The molecule has 28 heavy (non-hydrogen) atoms. The van der Waals surface area contributed by atoms with Crippen molar-refractivity contribution in [3.63, 3.8) is 0 Å². The highest BCUT2D eigenvalue weighted by atomic mass is 16.7. The van der Waals surface area contributed by atoms with E-state index in [-0.39, 0.29) is 18.6 Å². The van der Waals surface area contributed by atoms with Gasteiger partial charge in [-0.05, 0) is 35.9 Å². The van der Waals surface area contributed by atoms with Crippen LogP contribution in [0.3, 0.4) is 0 Å². The molecule has 2 aromatic carbocycles. The maximum atomic E-state index is 12.4. The number of nitrogens with zero attached hydrogens (tertiary/aromatic N) is 1. The number of benzene rings is 2. The molecule has 0 aliphatic carbocycles. The van der Waals surface area contributed by atoms with E-state index < -0.39 is 0 Å². The number of nitrogens with one attached hydrogen (secondary N) is 2. The predicted octanol–water partition coefficient (Wildman–Crippen LogP) is 2.99. The molecule has 3 aromatic rings. The minimum atomic E-state index is -0.330. The maximum Gasteiger partial charge on any atom is 0.257 e. The summed E-state index contributed by atoms with van der Waals surface area (Å²) in [7, 11) is 0. The SMILES string of the molecule is O=C(NCc1ccc2c(c1)OCO2)c1cncc(C(=O)Nc2ccccc2)c1. The molecule has 2 heterocycles. The lowest BCUT2D eigenvalue weighted by molar-refractivity contribution is 0.0950. The van der Waals surface area contributed by atoms with Crippen molar-refractivity contribution in [1.29, 1.82) is 0 Å². The summed E-state index contributed by atoms with van der Waals surface area (Å²) in [6.45, 7) is 0.518. The van der Waals surface area contributed by atoms with E-state index in [0.717, 1.165) is 5.56 Å². The highest BCUT2D eigenvalue weighted by molar-refractivity contribution is 6.05. The lowest BCUT2D eigenvalue weighted by Crippen LogP contribution is -2.23. The molecule has 1 aliphatic rings. The maximum absolute atomic E-state index is 12.4. The van der Waals surface area contributed by atoms with Crippen molar-refractivity contribution >= 4 is 17.5 Å². The fourth-order valence-corrected chi connectivity index (χ4v) is 2.75. The first kappa shape index (κ1) is 17.5. The third-order valence-corrected chi connectivity index (χ3v) is 4.18. The summed E-state index contributed by atoms with van der Waals surface area (Å²) in [5, 5.41) is 5.58. The Morgan fingerprint density at radius 3 is 2.46 bits per heavy atom. The number of rotatable bonds is 5. The van der Waals surface area contributed by atoms with Gasteiger partial charge in [-0.2, -0.15) is 0 Å². The van der Waals surface area contributed by atoms with Crippen LogP contribution in [-0.4, -0.2) is 23.6 Å². The highest BCUT2D eigenvalue weighted by Gasteiger charge is 2.15. The summed E-state index contributed by atoms with van der Waals surface area (Å²) < 4.78 is 10.6. The van der Waals surface area contributed by atoms with Gasteiger partial charge in [0.1, 0.15) is 0 Å². The van der Waals surface area contributed by atoms with Crippen LogP contribution < -0.4 is 20.1 Å². The van der Waals surface area contributed by atoms with Crippen LogP contribution in [0.2, 0.25) is 0 Å². The van der Waals surface area contributed by atoms with Crippen LogP contribution in [0.5, 0.6) is 11.5 Å². The lowest BCUT2D eigenvalue weighted by atomic mass is 10.1. The number of carbonyl (C=O) groups is 2. The van der Waals surface area contributed by atoms with Crippen molar-refractivity contribution in [2.75, 3.05) is 12.1 Å². The Kier molecular flexibility index (Phi) is 4.88. The number of amides is 2. The zero-order chi connectivity index (χ0) is 19.3. The third-order valence-electron chi connectivity index (χ3n) is 4.18. The van der Waals surface area contributed by atoms with Crippen molar-refractivity contribution in [3.8, 4) is 11.5 Å². The molecule has 1 aliphatic heterocycles. The molecule has 1 aromatic heterocycles. The van der Waals surface area contributed by atoms with E-state index >= 15 is 0 Å². The summed E-state index contributed by atoms with van der Waals surface area (Å²) >= 11 is 0. The van der Waals surface area contributed by atoms with Gasteiger partial charge in [-0.15, -0.1) is 0 Å². The summed E-state index contributed by atoms with van der Waals surface area (Å²) in [5.74, 6) is 0.702. The standard InChI is InChI=1S/C21H17N3O4/c25-20(23-10-14-6-7-18-19(8-14)28-13-27-18)15-9-16(12-22-11-15)21(26)24-17-4-2-1-3-5-17/h1-9,11-12H,10,13H2,(H,23,25)(H,24,26). The van der Waals surface area contributed by atoms with E-state index in [1.807, 2.05) is 30.3 Å². The van der Waals surface area contributed by atoms with Gasteiger partial charge in [-0.1, -0.05) is 24.3 Å². The Labute approximate surface area is 161 Å². The fraction of sp³-hybridized carbons (Fsp3) is 0.0952. The summed E-state index contributed by atoms with van der Waals surface area (Å²) in [4.78, 5) is 28.8. The van der Waals surface area contributed by atoms with Gasteiger partial charge in [0.2, 0.25) is 6.79 Å². The van der Waals surface area contributed by atoms with Crippen molar-refractivity contribution in [2.45, 2.75) is 6.54 Å². The second-order valence-electron chi connectivity index (χ2n) is 6.15. The minimum absolute atomic E-state index is 0.203. The normalized spacial score (nSPS) is 11.7. The minimum Gasteiger partial charge on any atom is -0.454 e. The Balaban J connectivity index is 1.40. The van der Waals surface area contributed by atoms with Crippen LogP contribution in [0.25, 0.3) is 0 Å². The zero-order valence-electron chi connectivity index (χ0n) is 14.8. The molecule has 2 amide bonds. The molecule has 0 atom stereocenters. The van der Waals surface area contributed by atoms with Gasteiger partial charge < -0.3 is 20.1 Å². The Hall–Kier alpha value is -3.87. The van der Waals surface area contributed by atoms with Crippen LogP contribution in [0, 0.1) is 0 Å². The molecule has 0 spiro atoms. The molecule has 7 heteroatoms. The fourth-order valence-electron chi connectivity index (χ4n) is 2.75. The molecular weight excluding hydrogens is 358 g/mol. The first-order valence-electron chi connectivity index (χ1n) is 8.67. The molecule has 0 unspecified atom stereocenters. The third kappa shape index (κ3) is 3.93. The summed E-state index contributed by atoms with van der Waals surface area (Å²) in [5.41, 5.74) is 2.16. The Bertz CT molecular complexity index is 1020. The van der Waals surface area contributed by atoms with Crippen molar-refractivity contribution < 1.29 is 19.1 Å². The molecular formula is C21H17N3O4. The molecule has 0 fully saturated rings.